The highest BCUT2D eigenvalue weighted by Crippen LogP contribution is 2.21. The molecule has 1 aliphatic rings. The molecular formula is C13H20FN3O. The molecule has 0 spiro atoms. The molecule has 2 N–H and O–H groups in total. The number of hydrogen-bond donors (Lipinski definition) is 1. The van der Waals surface area contributed by atoms with Crippen LogP contribution < -0.4 is 10.6 Å². The van der Waals surface area contributed by atoms with Gasteiger partial charge in [-0.25, -0.2) is 9.37 Å². The van der Waals surface area contributed by atoms with Crippen LogP contribution in [-0.2, 0) is 4.74 Å². The lowest BCUT2D eigenvalue weighted by atomic mass is 10.1. The topological polar surface area (TPSA) is 51.4 Å². The van der Waals surface area contributed by atoms with Crippen LogP contribution in [0, 0.1) is 5.82 Å². The van der Waals surface area contributed by atoms with Gasteiger partial charge in [0.15, 0.2) is 11.6 Å². The Labute approximate surface area is 107 Å². The molecule has 0 amide bonds. The molecule has 0 saturated carbocycles. The summed E-state index contributed by atoms with van der Waals surface area (Å²) in [5.74, 6) is 0.206. The van der Waals surface area contributed by atoms with Crippen molar-refractivity contribution in [1.29, 1.82) is 0 Å². The third-order valence-electron chi connectivity index (χ3n) is 3.18. The van der Waals surface area contributed by atoms with Crippen molar-refractivity contribution >= 4 is 5.82 Å². The summed E-state index contributed by atoms with van der Waals surface area (Å²) in [6.07, 6.45) is 4.64. The second-order valence-corrected chi connectivity index (χ2v) is 4.51. The zero-order chi connectivity index (χ0) is 12.8. The molecule has 0 aliphatic carbocycles. The van der Waals surface area contributed by atoms with E-state index in [9.17, 15) is 4.39 Å². The maximum absolute atomic E-state index is 13.6. The highest BCUT2D eigenvalue weighted by Gasteiger charge is 2.22. The van der Waals surface area contributed by atoms with Crippen molar-refractivity contribution in [3.8, 4) is 0 Å². The summed E-state index contributed by atoms with van der Waals surface area (Å²) in [5.41, 5.74) is 5.42. The molecule has 0 radical (unpaired) electrons. The summed E-state index contributed by atoms with van der Waals surface area (Å²) >= 11 is 0. The Kier molecular flexibility index (Phi) is 4.90. The lowest BCUT2D eigenvalue weighted by molar-refractivity contribution is 0.0365. The number of hydrogen-bond acceptors (Lipinski definition) is 4. The molecule has 1 aliphatic heterocycles. The first-order chi connectivity index (χ1) is 8.81. The van der Waals surface area contributed by atoms with E-state index in [-0.39, 0.29) is 11.9 Å². The molecular weight excluding hydrogens is 233 g/mol. The number of nitrogens with zero attached hydrogens (tertiary/aromatic N) is 2. The monoisotopic (exact) mass is 253 g/mol. The molecule has 2 heterocycles. The van der Waals surface area contributed by atoms with Crippen molar-refractivity contribution in [3.05, 3.63) is 24.1 Å². The van der Waals surface area contributed by atoms with Gasteiger partial charge in [-0.1, -0.05) is 0 Å². The van der Waals surface area contributed by atoms with Gasteiger partial charge in [-0.2, -0.15) is 0 Å². The normalized spacial score (nSPS) is 17.1. The van der Waals surface area contributed by atoms with Crippen molar-refractivity contribution in [3.63, 3.8) is 0 Å². The second kappa shape index (κ2) is 6.66. The van der Waals surface area contributed by atoms with Crippen LogP contribution in [-0.4, -0.2) is 37.3 Å². The van der Waals surface area contributed by atoms with E-state index in [0.717, 1.165) is 39.0 Å². The quantitative estimate of drug-likeness (QED) is 0.809. The van der Waals surface area contributed by atoms with E-state index >= 15 is 0 Å². The lowest BCUT2D eigenvalue weighted by Crippen LogP contribution is -2.38. The number of piperidine rings is 1. The fourth-order valence-corrected chi connectivity index (χ4v) is 2.18. The maximum Gasteiger partial charge on any atom is 0.165 e. The van der Waals surface area contributed by atoms with Gasteiger partial charge in [0, 0.05) is 25.9 Å². The molecule has 0 atom stereocenters. The number of aromatic nitrogens is 1. The van der Waals surface area contributed by atoms with Gasteiger partial charge in [-0.15, -0.1) is 0 Å². The van der Waals surface area contributed by atoms with E-state index in [1.807, 2.05) is 4.90 Å². The van der Waals surface area contributed by atoms with Gasteiger partial charge >= 0.3 is 0 Å². The van der Waals surface area contributed by atoms with Crippen molar-refractivity contribution in [2.75, 3.05) is 31.1 Å². The summed E-state index contributed by atoms with van der Waals surface area (Å²) in [7, 11) is 0. The molecule has 0 unspecified atom stereocenters. The van der Waals surface area contributed by atoms with Gasteiger partial charge in [-0.05, 0) is 37.9 Å². The molecule has 0 aromatic carbocycles. The summed E-state index contributed by atoms with van der Waals surface area (Å²) in [4.78, 5) is 6.08. The fourth-order valence-electron chi connectivity index (χ4n) is 2.18. The Morgan fingerprint density at radius 2 is 2.22 bits per heavy atom. The first-order valence-corrected chi connectivity index (χ1v) is 6.48. The third-order valence-corrected chi connectivity index (χ3v) is 3.18. The van der Waals surface area contributed by atoms with E-state index in [4.69, 9.17) is 10.5 Å². The van der Waals surface area contributed by atoms with Crippen LogP contribution in [0.4, 0.5) is 10.2 Å². The SMILES string of the molecule is NCCCOC1CCN(c2ncccc2F)CC1. The molecule has 1 saturated heterocycles. The zero-order valence-corrected chi connectivity index (χ0v) is 10.5. The molecule has 18 heavy (non-hydrogen) atoms. The predicted octanol–water partition coefficient (Wildman–Crippen LogP) is 1.55. The summed E-state index contributed by atoms with van der Waals surface area (Å²) < 4.78 is 19.3. The third kappa shape index (κ3) is 3.40. The van der Waals surface area contributed by atoms with Gasteiger partial charge in [0.25, 0.3) is 0 Å². The standard InChI is InChI=1S/C13H20FN3O/c14-12-3-1-7-16-13(12)17-8-4-11(5-9-17)18-10-2-6-15/h1,3,7,11H,2,4-6,8-10,15H2. The number of ether oxygens (including phenoxy) is 1. The van der Waals surface area contributed by atoms with Gasteiger partial charge in [0.05, 0.1) is 6.10 Å². The number of anilines is 1. The molecule has 4 nitrogen and oxygen atoms in total. The molecule has 100 valence electrons. The first kappa shape index (κ1) is 13.2. The highest BCUT2D eigenvalue weighted by molar-refractivity contribution is 5.39. The molecule has 1 aromatic rings. The smallest absolute Gasteiger partial charge is 0.165 e. The first-order valence-electron chi connectivity index (χ1n) is 6.48. The number of rotatable bonds is 5. The van der Waals surface area contributed by atoms with E-state index in [0.29, 0.717) is 12.4 Å². The number of halogens is 1. The predicted molar refractivity (Wildman–Crippen MR) is 69.1 cm³/mol. The van der Waals surface area contributed by atoms with Crippen LogP contribution >= 0.6 is 0 Å². The highest BCUT2D eigenvalue weighted by atomic mass is 19.1. The van der Waals surface area contributed by atoms with Crippen molar-refractivity contribution < 1.29 is 9.13 Å². The summed E-state index contributed by atoms with van der Waals surface area (Å²) in [6, 6.07) is 3.06. The second-order valence-electron chi connectivity index (χ2n) is 4.51. The number of nitrogens with two attached hydrogens (primary N) is 1. The number of pyridine rings is 1. The van der Waals surface area contributed by atoms with Crippen LogP contribution in [0.15, 0.2) is 18.3 Å². The molecule has 0 bridgehead atoms. The Morgan fingerprint density at radius 1 is 1.44 bits per heavy atom. The minimum Gasteiger partial charge on any atom is -0.378 e. The van der Waals surface area contributed by atoms with Gasteiger partial charge in [0.2, 0.25) is 0 Å². The zero-order valence-electron chi connectivity index (χ0n) is 10.5. The van der Waals surface area contributed by atoms with Gasteiger partial charge in [-0.3, -0.25) is 0 Å². The van der Waals surface area contributed by atoms with Crippen molar-refractivity contribution in [1.82, 2.24) is 4.98 Å². The van der Waals surface area contributed by atoms with Crippen LogP contribution in [0.3, 0.4) is 0 Å². The van der Waals surface area contributed by atoms with Crippen LogP contribution in [0.1, 0.15) is 19.3 Å². The molecule has 1 fully saturated rings. The van der Waals surface area contributed by atoms with E-state index in [1.165, 1.54) is 6.07 Å². The largest absolute Gasteiger partial charge is 0.378 e. The molecule has 5 heteroatoms. The Hall–Kier alpha value is -1.20. The molecule has 2 rings (SSSR count). The maximum atomic E-state index is 13.6. The minimum absolute atomic E-state index is 0.250. The average molecular weight is 253 g/mol. The Morgan fingerprint density at radius 3 is 2.89 bits per heavy atom. The van der Waals surface area contributed by atoms with E-state index < -0.39 is 0 Å². The van der Waals surface area contributed by atoms with Crippen LogP contribution in [0.2, 0.25) is 0 Å². The summed E-state index contributed by atoms with van der Waals surface area (Å²) in [5, 5.41) is 0. The Bertz CT molecular complexity index is 367. The van der Waals surface area contributed by atoms with E-state index in [2.05, 4.69) is 4.98 Å². The molecule has 1 aromatic heterocycles. The van der Waals surface area contributed by atoms with Crippen LogP contribution in [0.5, 0.6) is 0 Å². The average Bonchev–Trinajstić information content (AvgIpc) is 2.41. The fraction of sp³-hybridized carbons (Fsp3) is 0.615. The Balaban J connectivity index is 1.81. The lowest BCUT2D eigenvalue weighted by Gasteiger charge is -2.32. The summed E-state index contributed by atoms with van der Waals surface area (Å²) in [6.45, 7) is 2.97. The van der Waals surface area contributed by atoms with Crippen molar-refractivity contribution in [2.45, 2.75) is 25.4 Å². The van der Waals surface area contributed by atoms with E-state index in [1.54, 1.807) is 12.3 Å². The van der Waals surface area contributed by atoms with Crippen LogP contribution in [0.25, 0.3) is 0 Å². The van der Waals surface area contributed by atoms with Gasteiger partial charge in [0.1, 0.15) is 0 Å². The minimum atomic E-state index is -0.250. The van der Waals surface area contributed by atoms with Gasteiger partial charge < -0.3 is 15.4 Å². The van der Waals surface area contributed by atoms with Crippen molar-refractivity contribution in [2.24, 2.45) is 5.73 Å².